The average molecular weight is 243 g/mol. The number of nitrogens with one attached hydrogen (secondary N) is 1. The van der Waals surface area contributed by atoms with Crippen molar-refractivity contribution >= 4 is 11.6 Å². The highest BCUT2D eigenvalue weighted by molar-refractivity contribution is 6.31. The summed E-state index contributed by atoms with van der Waals surface area (Å²) in [5.74, 6) is -0.482. The van der Waals surface area contributed by atoms with E-state index in [0.717, 1.165) is 0 Å². The van der Waals surface area contributed by atoms with Crippen LogP contribution in [0, 0.1) is 17.1 Å². The molecule has 0 fully saturated rings. The number of ether oxygens (including phenoxy) is 1. The van der Waals surface area contributed by atoms with Crippen LogP contribution in [0.2, 0.25) is 5.02 Å². The number of hydrogen-bond acceptors (Lipinski definition) is 3. The van der Waals surface area contributed by atoms with Gasteiger partial charge in [-0.15, -0.1) is 0 Å². The van der Waals surface area contributed by atoms with E-state index in [1.807, 2.05) is 6.07 Å². The maximum absolute atomic E-state index is 13.5. The number of nitriles is 1. The molecular formula is C11H12ClFN2O. The third-order valence-electron chi connectivity index (χ3n) is 2.07. The Balaban J connectivity index is 2.83. The molecule has 0 aliphatic rings. The third kappa shape index (κ3) is 3.17. The SMILES string of the molecule is COCCNC(C#N)c1c(F)cccc1Cl. The molecule has 0 aliphatic carbocycles. The fourth-order valence-corrected chi connectivity index (χ4v) is 1.58. The Morgan fingerprint density at radius 3 is 2.94 bits per heavy atom. The lowest BCUT2D eigenvalue weighted by atomic mass is 10.1. The molecule has 0 heterocycles. The van der Waals surface area contributed by atoms with Crippen molar-refractivity contribution in [1.82, 2.24) is 5.32 Å². The van der Waals surface area contributed by atoms with E-state index in [4.69, 9.17) is 21.6 Å². The van der Waals surface area contributed by atoms with Crippen molar-refractivity contribution in [1.29, 1.82) is 5.26 Å². The predicted octanol–water partition coefficient (Wildman–Crippen LogP) is 2.28. The Morgan fingerprint density at radius 2 is 2.38 bits per heavy atom. The van der Waals surface area contributed by atoms with E-state index >= 15 is 0 Å². The van der Waals surface area contributed by atoms with Gasteiger partial charge in [0.1, 0.15) is 11.9 Å². The van der Waals surface area contributed by atoms with Crippen molar-refractivity contribution in [2.45, 2.75) is 6.04 Å². The molecule has 1 rings (SSSR count). The van der Waals surface area contributed by atoms with Crippen molar-refractivity contribution in [3.05, 3.63) is 34.6 Å². The maximum Gasteiger partial charge on any atom is 0.130 e. The number of halogens is 2. The van der Waals surface area contributed by atoms with E-state index in [0.29, 0.717) is 13.2 Å². The first-order chi connectivity index (χ1) is 7.70. The zero-order valence-corrected chi connectivity index (χ0v) is 9.59. The summed E-state index contributed by atoms with van der Waals surface area (Å²) in [5.41, 5.74) is 0.183. The lowest BCUT2D eigenvalue weighted by molar-refractivity contribution is 0.197. The van der Waals surface area contributed by atoms with Gasteiger partial charge >= 0.3 is 0 Å². The second-order valence-electron chi connectivity index (χ2n) is 3.14. The molecule has 0 spiro atoms. The summed E-state index contributed by atoms with van der Waals surface area (Å²) in [6.07, 6.45) is 0. The first-order valence-corrected chi connectivity index (χ1v) is 5.14. The van der Waals surface area contributed by atoms with Gasteiger partial charge < -0.3 is 4.74 Å². The van der Waals surface area contributed by atoms with Crippen LogP contribution in [0.25, 0.3) is 0 Å². The lowest BCUT2D eigenvalue weighted by Gasteiger charge is -2.13. The molecule has 1 N–H and O–H groups in total. The molecule has 0 aliphatic heterocycles. The summed E-state index contributed by atoms with van der Waals surface area (Å²) in [6, 6.07) is 5.55. The normalized spacial score (nSPS) is 12.1. The summed E-state index contributed by atoms with van der Waals surface area (Å²) >= 11 is 5.85. The smallest absolute Gasteiger partial charge is 0.130 e. The van der Waals surface area contributed by atoms with Gasteiger partial charge in [-0.05, 0) is 12.1 Å². The predicted molar refractivity (Wildman–Crippen MR) is 59.6 cm³/mol. The topological polar surface area (TPSA) is 45.0 Å². The number of nitrogens with zero attached hydrogens (tertiary/aromatic N) is 1. The molecule has 0 amide bonds. The first kappa shape index (κ1) is 12.9. The van der Waals surface area contributed by atoms with Crippen LogP contribution in [0.5, 0.6) is 0 Å². The minimum absolute atomic E-state index is 0.183. The molecule has 1 unspecified atom stereocenters. The summed E-state index contributed by atoms with van der Waals surface area (Å²) in [4.78, 5) is 0. The van der Waals surface area contributed by atoms with E-state index in [1.54, 1.807) is 13.2 Å². The summed E-state index contributed by atoms with van der Waals surface area (Å²) in [5, 5.41) is 12.1. The van der Waals surface area contributed by atoms with E-state index in [2.05, 4.69) is 5.32 Å². The van der Waals surface area contributed by atoms with Crippen molar-refractivity contribution in [2.24, 2.45) is 0 Å². The molecule has 1 atom stereocenters. The molecule has 0 saturated heterocycles. The first-order valence-electron chi connectivity index (χ1n) is 4.76. The maximum atomic E-state index is 13.5. The number of methoxy groups -OCH3 is 1. The van der Waals surface area contributed by atoms with Crippen LogP contribution in [0.15, 0.2) is 18.2 Å². The standard InChI is InChI=1S/C11H12ClFN2O/c1-16-6-5-15-10(7-14)11-8(12)3-2-4-9(11)13/h2-4,10,15H,5-6H2,1H3. The highest BCUT2D eigenvalue weighted by Gasteiger charge is 2.17. The molecule has 0 saturated carbocycles. The highest BCUT2D eigenvalue weighted by Crippen LogP contribution is 2.25. The largest absolute Gasteiger partial charge is 0.383 e. The number of rotatable bonds is 5. The van der Waals surface area contributed by atoms with Gasteiger partial charge in [0.05, 0.1) is 12.7 Å². The van der Waals surface area contributed by atoms with Gasteiger partial charge in [-0.25, -0.2) is 4.39 Å². The van der Waals surface area contributed by atoms with Gasteiger partial charge in [0.2, 0.25) is 0 Å². The second kappa shape index (κ2) is 6.44. The Hall–Kier alpha value is -1.15. The van der Waals surface area contributed by atoms with Gasteiger partial charge in [0.15, 0.2) is 0 Å². The number of hydrogen-bond donors (Lipinski definition) is 1. The number of benzene rings is 1. The molecule has 1 aromatic carbocycles. The molecule has 0 bridgehead atoms. The fraction of sp³-hybridized carbons (Fsp3) is 0.364. The van der Waals surface area contributed by atoms with Crippen LogP contribution in [-0.4, -0.2) is 20.3 Å². The van der Waals surface area contributed by atoms with Gasteiger partial charge in [-0.3, -0.25) is 5.32 Å². The van der Waals surface area contributed by atoms with Crippen LogP contribution in [-0.2, 0) is 4.74 Å². The molecule has 0 aromatic heterocycles. The molecule has 1 aromatic rings. The minimum Gasteiger partial charge on any atom is -0.383 e. The Kier molecular flexibility index (Phi) is 5.20. The quantitative estimate of drug-likeness (QED) is 0.806. The Morgan fingerprint density at radius 1 is 1.62 bits per heavy atom. The fourth-order valence-electron chi connectivity index (χ4n) is 1.30. The van der Waals surface area contributed by atoms with E-state index < -0.39 is 11.9 Å². The summed E-state index contributed by atoms with van der Waals surface area (Å²) < 4.78 is 18.3. The van der Waals surface area contributed by atoms with Crippen molar-refractivity contribution in [3.63, 3.8) is 0 Å². The van der Waals surface area contributed by atoms with Crippen molar-refractivity contribution in [3.8, 4) is 6.07 Å². The molecule has 86 valence electrons. The van der Waals surface area contributed by atoms with Crippen LogP contribution in [0.4, 0.5) is 4.39 Å². The monoisotopic (exact) mass is 242 g/mol. The molecule has 5 heteroatoms. The average Bonchev–Trinajstić information content (AvgIpc) is 2.26. The van der Waals surface area contributed by atoms with Crippen LogP contribution in [0.1, 0.15) is 11.6 Å². The van der Waals surface area contributed by atoms with E-state index in [-0.39, 0.29) is 10.6 Å². The van der Waals surface area contributed by atoms with Crippen LogP contribution in [0.3, 0.4) is 0 Å². The zero-order chi connectivity index (χ0) is 12.0. The second-order valence-corrected chi connectivity index (χ2v) is 3.55. The summed E-state index contributed by atoms with van der Waals surface area (Å²) in [6.45, 7) is 0.906. The Bertz CT molecular complexity index is 372. The van der Waals surface area contributed by atoms with Crippen LogP contribution < -0.4 is 5.32 Å². The lowest BCUT2D eigenvalue weighted by Crippen LogP contribution is -2.25. The van der Waals surface area contributed by atoms with Crippen molar-refractivity contribution in [2.75, 3.05) is 20.3 Å². The Labute approximate surface area is 98.8 Å². The molecule has 16 heavy (non-hydrogen) atoms. The van der Waals surface area contributed by atoms with E-state index in [9.17, 15) is 4.39 Å². The molecular weight excluding hydrogens is 231 g/mol. The minimum atomic E-state index is -0.760. The molecule has 0 radical (unpaired) electrons. The van der Waals surface area contributed by atoms with Gasteiger partial charge in [0, 0.05) is 24.2 Å². The van der Waals surface area contributed by atoms with Crippen LogP contribution >= 0.6 is 11.6 Å². The third-order valence-corrected chi connectivity index (χ3v) is 2.40. The highest BCUT2D eigenvalue weighted by atomic mass is 35.5. The van der Waals surface area contributed by atoms with Crippen molar-refractivity contribution < 1.29 is 9.13 Å². The molecule has 3 nitrogen and oxygen atoms in total. The zero-order valence-electron chi connectivity index (χ0n) is 8.84. The van der Waals surface area contributed by atoms with Gasteiger partial charge in [-0.1, -0.05) is 17.7 Å². The van der Waals surface area contributed by atoms with E-state index in [1.165, 1.54) is 12.1 Å². The van der Waals surface area contributed by atoms with Gasteiger partial charge in [0.25, 0.3) is 0 Å². The van der Waals surface area contributed by atoms with Gasteiger partial charge in [-0.2, -0.15) is 5.26 Å². The summed E-state index contributed by atoms with van der Waals surface area (Å²) in [7, 11) is 1.55.